The summed E-state index contributed by atoms with van der Waals surface area (Å²) in [7, 11) is 3.44. The fourth-order valence-corrected chi connectivity index (χ4v) is 6.00. The number of aryl methyl sites for hydroxylation is 1. The molecule has 10 nitrogen and oxygen atoms in total. The molecule has 2 saturated heterocycles. The van der Waals surface area contributed by atoms with Crippen molar-refractivity contribution in [3.8, 4) is 5.75 Å². The summed E-state index contributed by atoms with van der Waals surface area (Å²) in [5, 5.41) is 4.50. The van der Waals surface area contributed by atoms with Gasteiger partial charge < -0.3 is 14.5 Å². The Labute approximate surface area is 241 Å². The molecule has 0 N–H and O–H groups in total. The van der Waals surface area contributed by atoms with Crippen LogP contribution in [0.2, 0.25) is 0 Å². The fraction of sp³-hybridized carbons (Fsp3) is 0.484. The summed E-state index contributed by atoms with van der Waals surface area (Å²) in [6.07, 6.45) is 6.66. The van der Waals surface area contributed by atoms with E-state index in [2.05, 4.69) is 24.2 Å². The summed E-state index contributed by atoms with van der Waals surface area (Å²) in [6, 6.07) is 9.87. The molecular formula is C31H40N6O4. The van der Waals surface area contributed by atoms with E-state index < -0.39 is 0 Å². The summed E-state index contributed by atoms with van der Waals surface area (Å²) >= 11 is 0. The highest BCUT2D eigenvalue weighted by atomic mass is 16.5. The van der Waals surface area contributed by atoms with Gasteiger partial charge in [0, 0.05) is 50.9 Å². The van der Waals surface area contributed by atoms with Gasteiger partial charge in [-0.15, -0.1) is 0 Å². The number of ether oxygens (including phenoxy) is 1. The summed E-state index contributed by atoms with van der Waals surface area (Å²) < 4.78 is 7.29. The lowest BCUT2D eigenvalue weighted by atomic mass is 9.87. The van der Waals surface area contributed by atoms with Crippen molar-refractivity contribution in [2.45, 2.75) is 59.0 Å². The molecule has 0 saturated carbocycles. The summed E-state index contributed by atoms with van der Waals surface area (Å²) in [5.74, 6) is 0.921. The van der Waals surface area contributed by atoms with Gasteiger partial charge in [-0.2, -0.15) is 5.10 Å². The maximum atomic E-state index is 13.7. The molecular weight excluding hydrogens is 520 g/mol. The minimum atomic E-state index is -0.355. The van der Waals surface area contributed by atoms with Crippen molar-refractivity contribution in [2.24, 2.45) is 5.92 Å². The van der Waals surface area contributed by atoms with E-state index in [1.165, 1.54) is 10.5 Å². The molecule has 5 amide bonds. The maximum absolute atomic E-state index is 13.7. The molecule has 5 rings (SSSR count). The Balaban J connectivity index is 1.32. The van der Waals surface area contributed by atoms with E-state index in [1.54, 1.807) is 27.6 Å². The molecule has 0 spiro atoms. The Morgan fingerprint density at radius 1 is 1.17 bits per heavy atom. The number of carbonyl (C=O) groups is 3. The number of piperidine rings is 1. The van der Waals surface area contributed by atoms with Crippen molar-refractivity contribution in [3.05, 3.63) is 59.4 Å². The number of benzene rings is 1. The van der Waals surface area contributed by atoms with Crippen molar-refractivity contribution in [1.82, 2.24) is 24.3 Å². The number of anilines is 1. The Hall–Kier alpha value is -4.08. The number of pyridine rings is 1. The number of methoxy groups -OCH3 is 1. The number of hydrogen-bond acceptors (Lipinski definition) is 5. The number of nitrogens with zero attached hydrogens (tertiary/aromatic N) is 6. The molecule has 0 bridgehead atoms. The number of urea groups is 2. The van der Waals surface area contributed by atoms with Gasteiger partial charge in [0.15, 0.2) is 0 Å². The molecule has 0 radical (unpaired) electrons. The van der Waals surface area contributed by atoms with Crippen molar-refractivity contribution in [1.29, 1.82) is 0 Å². The van der Waals surface area contributed by atoms with Gasteiger partial charge in [-0.25, -0.2) is 14.1 Å². The number of hydrogen-bond donors (Lipinski definition) is 0. The number of rotatable bonds is 7. The highest BCUT2D eigenvalue weighted by molar-refractivity contribution is 6.07. The fourth-order valence-electron chi connectivity index (χ4n) is 6.00. The standard InChI is InChI=1S/C31H40N6O4/c1-6-33(4)30(39)34-12-9-23(16-22(34)3)17-24-10-14-37-26(18-24)27(19-32-37)35-13-11-29(38)36(31(35)40)20-25-8-7-21(2)15-28(25)41-5/h7-8,10,14-15,18-19,22-23H,6,9,11-13,16-17,20H2,1-5H3/t22-,23+/m0/s1. The van der Waals surface area contributed by atoms with E-state index in [0.717, 1.165) is 42.5 Å². The summed E-state index contributed by atoms with van der Waals surface area (Å²) in [4.78, 5) is 45.9. The number of amides is 5. The zero-order valence-corrected chi connectivity index (χ0v) is 24.7. The van der Waals surface area contributed by atoms with Crippen molar-refractivity contribution in [2.75, 3.05) is 38.7 Å². The Bertz CT molecular complexity index is 1450. The minimum Gasteiger partial charge on any atom is -0.496 e. The van der Waals surface area contributed by atoms with Gasteiger partial charge in [-0.05, 0) is 75.3 Å². The first-order valence-electron chi connectivity index (χ1n) is 14.4. The number of imide groups is 1. The highest BCUT2D eigenvalue weighted by Crippen LogP contribution is 2.31. The molecule has 2 fully saturated rings. The molecule has 0 unspecified atom stereocenters. The zero-order valence-electron chi connectivity index (χ0n) is 24.7. The van der Waals surface area contributed by atoms with Crippen LogP contribution >= 0.6 is 0 Å². The maximum Gasteiger partial charge on any atom is 0.331 e. The van der Waals surface area contributed by atoms with E-state index in [0.29, 0.717) is 30.4 Å². The zero-order chi connectivity index (χ0) is 29.3. The smallest absolute Gasteiger partial charge is 0.331 e. The third-order valence-corrected chi connectivity index (χ3v) is 8.50. The highest BCUT2D eigenvalue weighted by Gasteiger charge is 2.35. The molecule has 41 heavy (non-hydrogen) atoms. The van der Waals surface area contributed by atoms with Crippen LogP contribution in [0.25, 0.3) is 5.52 Å². The van der Waals surface area contributed by atoms with Gasteiger partial charge in [-0.1, -0.05) is 12.1 Å². The second-order valence-electron chi connectivity index (χ2n) is 11.3. The van der Waals surface area contributed by atoms with Crippen LogP contribution in [-0.2, 0) is 17.8 Å². The number of carbonyl (C=O) groups excluding carboxylic acids is 3. The second kappa shape index (κ2) is 11.8. The Morgan fingerprint density at radius 2 is 1.98 bits per heavy atom. The van der Waals surface area contributed by atoms with Crippen LogP contribution in [0.4, 0.5) is 15.3 Å². The van der Waals surface area contributed by atoms with E-state index in [4.69, 9.17) is 4.74 Å². The third kappa shape index (κ3) is 5.73. The average molecular weight is 561 g/mol. The summed E-state index contributed by atoms with van der Waals surface area (Å²) in [6.45, 7) is 8.01. The predicted molar refractivity (Wildman–Crippen MR) is 157 cm³/mol. The van der Waals surface area contributed by atoms with Crippen molar-refractivity contribution >= 4 is 29.2 Å². The van der Waals surface area contributed by atoms with E-state index in [-0.39, 0.29) is 37.0 Å². The minimum absolute atomic E-state index is 0.100. The molecule has 2 aliphatic rings. The molecule has 2 aromatic heterocycles. The van der Waals surface area contributed by atoms with E-state index in [9.17, 15) is 14.4 Å². The van der Waals surface area contributed by atoms with Crippen molar-refractivity contribution in [3.63, 3.8) is 0 Å². The summed E-state index contributed by atoms with van der Waals surface area (Å²) in [5.41, 5.74) is 4.53. The normalized spacial score (nSPS) is 19.7. The lowest BCUT2D eigenvalue weighted by Gasteiger charge is -2.39. The van der Waals surface area contributed by atoms with Crippen LogP contribution in [0.5, 0.6) is 5.75 Å². The van der Waals surface area contributed by atoms with E-state index in [1.807, 2.05) is 50.2 Å². The monoisotopic (exact) mass is 560 g/mol. The molecule has 1 aromatic carbocycles. The Kier molecular flexibility index (Phi) is 8.19. The van der Waals surface area contributed by atoms with Gasteiger partial charge in [0.25, 0.3) is 0 Å². The molecule has 218 valence electrons. The predicted octanol–water partition coefficient (Wildman–Crippen LogP) is 4.72. The first-order chi connectivity index (χ1) is 19.7. The van der Waals surface area contributed by atoms with Gasteiger partial charge >= 0.3 is 12.1 Å². The lowest BCUT2D eigenvalue weighted by Crippen LogP contribution is -2.52. The molecule has 4 heterocycles. The van der Waals surface area contributed by atoms with Gasteiger partial charge in [0.05, 0.1) is 31.1 Å². The quantitative estimate of drug-likeness (QED) is 0.417. The molecule has 10 heteroatoms. The van der Waals surface area contributed by atoms with Gasteiger partial charge in [0.2, 0.25) is 5.91 Å². The van der Waals surface area contributed by atoms with Crippen LogP contribution in [-0.4, -0.2) is 82.1 Å². The molecule has 3 aromatic rings. The van der Waals surface area contributed by atoms with Gasteiger partial charge in [-0.3, -0.25) is 14.6 Å². The third-order valence-electron chi connectivity index (χ3n) is 8.50. The first kappa shape index (κ1) is 28.4. The molecule has 0 aliphatic carbocycles. The molecule has 2 aliphatic heterocycles. The van der Waals surface area contributed by atoms with Crippen molar-refractivity contribution < 1.29 is 19.1 Å². The number of aromatic nitrogens is 2. The number of fused-ring (bicyclic) bond motifs is 1. The largest absolute Gasteiger partial charge is 0.496 e. The molecule has 2 atom stereocenters. The van der Waals surface area contributed by atoms with E-state index >= 15 is 0 Å². The second-order valence-corrected chi connectivity index (χ2v) is 11.3. The van der Waals surface area contributed by atoms with Crippen LogP contribution in [0.3, 0.4) is 0 Å². The SMILES string of the molecule is CCN(C)C(=O)N1CC[C@@H](Cc2ccn3ncc(N4CCC(=O)N(Cc5ccc(C)cc5OC)C4=O)c3c2)C[C@@H]1C. The van der Waals surface area contributed by atoms with Crippen LogP contribution < -0.4 is 9.64 Å². The van der Waals surface area contributed by atoms with Crippen LogP contribution in [0.1, 0.15) is 49.8 Å². The van der Waals surface area contributed by atoms with Crippen LogP contribution in [0, 0.1) is 12.8 Å². The van der Waals surface area contributed by atoms with Gasteiger partial charge in [0.1, 0.15) is 5.75 Å². The number of likely N-dealkylation sites (tertiary alicyclic amines) is 1. The lowest BCUT2D eigenvalue weighted by molar-refractivity contribution is -0.129. The first-order valence-corrected chi connectivity index (χ1v) is 14.4. The Morgan fingerprint density at radius 3 is 2.71 bits per heavy atom. The topological polar surface area (TPSA) is 90.7 Å². The average Bonchev–Trinajstić information content (AvgIpc) is 3.38. The van der Waals surface area contributed by atoms with Crippen LogP contribution in [0.15, 0.2) is 42.7 Å².